The second-order valence-corrected chi connectivity index (χ2v) is 8.60. The molecule has 8 nitrogen and oxygen atoms in total. The van der Waals surface area contributed by atoms with Gasteiger partial charge in [-0.2, -0.15) is 4.98 Å². The van der Waals surface area contributed by atoms with Gasteiger partial charge in [0.15, 0.2) is 0 Å². The Bertz CT molecular complexity index is 1050. The Morgan fingerprint density at radius 1 is 1.07 bits per heavy atom. The molecule has 156 valence electrons. The summed E-state index contributed by atoms with van der Waals surface area (Å²) in [5, 5.41) is 8.02. The number of aromatic nitrogens is 4. The zero-order valence-electron chi connectivity index (χ0n) is 17.1. The zero-order valence-corrected chi connectivity index (χ0v) is 17.1. The van der Waals surface area contributed by atoms with E-state index in [0.717, 1.165) is 61.9 Å². The molecule has 2 N–H and O–H groups in total. The van der Waals surface area contributed by atoms with Gasteiger partial charge in [-0.05, 0) is 31.0 Å². The molecule has 2 aliphatic heterocycles. The van der Waals surface area contributed by atoms with Crippen LogP contribution in [0.25, 0.3) is 11.0 Å². The van der Waals surface area contributed by atoms with Crippen LogP contribution in [0.1, 0.15) is 31.4 Å². The molecule has 1 saturated carbocycles. The van der Waals surface area contributed by atoms with E-state index in [1.165, 1.54) is 31.4 Å². The van der Waals surface area contributed by atoms with Crippen LogP contribution in [0.4, 0.5) is 17.5 Å². The zero-order chi connectivity index (χ0) is 20.0. The molecule has 1 aliphatic carbocycles. The third-order valence-corrected chi connectivity index (χ3v) is 6.75. The van der Waals surface area contributed by atoms with Crippen LogP contribution in [0.15, 0.2) is 30.6 Å². The Kier molecular flexibility index (Phi) is 4.35. The van der Waals surface area contributed by atoms with Crippen LogP contribution >= 0.6 is 0 Å². The number of anilines is 3. The molecular weight excluding hydrogens is 378 g/mol. The highest BCUT2D eigenvalue weighted by Gasteiger charge is 2.40. The molecule has 0 aromatic carbocycles. The van der Waals surface area contributed by atoms with Crippen LogP contribution in [-0.4, -0.2) is 52.4 Å². The van der Waals surface area contributed by atoms with Gasteiger partial charge in [0.05, 0.1) is 30.6 Å². The largest absolute Gasteiger partial charge is 0.378 e. The molecule has 1 saturated heterocycles. The van der Waals surface area contributed by atoms with Crippen molar-refractivity contribution in [2.24, 2.45) is 0 Å². The van der Waals surface area contributed by atoms with Crippen molar-refractivity contribution in [3.8, 4) is 0 Å². The third kappa shape index (κ3) is 3.02. The molecule has 3 aromatic rings. The lowest BCUT2D eigenvalue weighted by molar-refractivity contribution is 0.122. The van der Waals surface area contributed by atoms with Gasteiger partial charge < -0.3 is 24.8 Å². The molecule has 30 heavy (non-hydrogen) atoms. The van der Waals surface area contributed by atoms with E-state index in [0.29, 0.717) is 5.95 Å². The Morgan fingerprint density at radius 3 is 2.73 bits per heavy atom. The summed E-state index contributed by atoms with van der Waals surface area (Å²) in [6, 6.07) is 6.33. The van der Waals surface area contributed by atoms with Crippen molar-refractivity contribution >= 4 is 28.5 Å². The summed E-state index contributed by atoms with van der Waals surface area (Å²) in [5.41, 5.74) is 3.64. The fraction of sp³-hybridized carbons (Fsp3) is 0.500. The van der Waals surface area contributed by atoms with Gasteiger partial charge in [-0.15, -0.1) is 0 Å². The molecule has 6 rings (SSSR count). The van der Waals surface area contributed by atoms with Gasteiger partial charge in [0.2, 0.25) is 5.95 Å². The van der Waals surface area contributed by atoms with E-state index in [1.54, 1.807) is 0 Å². The highest BCUT2D eigenvalue weighted by atomic mass is 16.5. The number of nitrogens with zero attached hydrogens (tertiary/aromatic N) is 5. The van der Waals surface area contributed by atoms with Crippen LogP contribution in [0, 0.1) is 0 Å². The summed E-state index contributed by atoms with van der Waals surface area (Å²) in [6.07, 6.45) is 8.85. The lowest BCUT2D eigenvalue weighted by Gasteiger charge is -2.37. The van der Waals surface area contributed by atoms with E-state index in [1.807, 2.05) is 18.5 Å². The maximum Gasteiger partial charge on any atom is 0.230 e. The molecule has 5 heterocycles. The van der Waals surface area contributed by atoms with Gasteiger partial charge in [-0.1, -0.05) is 12.8 Å². The Balaban J connectivity index is 1.29. The van der Waals surface area contributed by atoms with Crippen molar-refractivity contribution < 1.29 is 4.74 Å². The minimum Gasteiger partial charge on any atom is -0.378 e. The first kappa shape index (κ1) is 18.1. The molecular formula is C22H27N7O. The van der Waals surface area contributed by atoms with Gasteiger partial charge >= 0.3 is 0 Å². The average Bonchev–Trinajstić information content (AvgIpc) is 3.40. The number of hydrogen-bond donors (Lipinski definition) is 2. The number of nitrogens with one attached hydrogen (secondary N) is 2. The fourth-order valence-corrected chi connectivity index (χ4v) is 5.28. The van der Waals surface area contributed by atoms with Crippen LogP contribution in [0.2, 0.25) is 0 Å². The molecule has 1 spiro atoms. The lowest BCUT2D eigenvalue weighted by Crippen LogP contribution is -2.46. The SMILES string of the molecule is c1cc(Nc2ncc3cc4n(c3n2)C2(CCCC2)CNC4)ncc1N1CCOCC1. The number of fused-ring (bicyclic) bond motifs is 4. The summed E-state index contributed by atoms with van der Waals surface area (Å²) in [4.78, 5) is 16.4. The van der Waals surface area contributed by atoms with E-state index in [-0.39, 0.29) is 5.54 Å². The maximum atomic E-state index is 5.43. The van der Waals surface area contributed by atoms with Crippen LogP contribution < -0.4 is 15.5 Å². The second kappa shape index (κ2) is 7.21. The lowest BCUT2D eigenvalue weighted by atomic mass is 9.95. The number of morpholine rings is 1. The predicted molar refractivity (Wildman–Crippen MR) is 116 cm³/mol. The van der Waals surface area contributed by atoms with Gasteiger partial charge in [-0.25, -0.2) is 9.97 Å². The molecule has 0 radical (unpaired) electrons. The molecule has 3 aromatic heterocycles. The molecule has 3 aliphatic rings. The minimum atomic E-state index is 0.166. The van der Waals surface area contributed by atoms with Crippen molar-refractivity contribution in [2.75, 3.05) is 43.1 Å². The Labute approximate surface area is 175 Å². The molecule has 0 amide bonds. The normalized spacial score (nSPS) is 20.6. The second-order valence-electron chi connectivity index (χ2n) is 8.60. The first-order chi connectivity index (χ1) is 14.8. The quantitative estimate of drug-likeness (QED) is 0.694. The smallest absolute Gasteiger partial charge is 0.230 e. The predicted octanol–water partition coefficient (Wildman–Crippen LogP) is 2.78. The highest BCUT2D eigenvalue weighted by molar-refractivity contribution is 5.78. The standard InChI is InChI=1S/C22H27N7O/c1-2-6-22(5-1)15-23-13-18-11-16-12-25-21(27-20(16)29(18)22)26-19-4-3-17(14-24-19)28-7-9-30-10-8-28/h3-4,11-12,14,23H,1-2,5-10,13,15H2,(H,24,25,26,27). The van der Waals surface area contributed by atoms with Gasteiger partial charge in [-0.3, -0.25) is 0 Å². The summed E-state index contributed by atoms with van der Waals surface area (Å²) < 4.78 is 7.92. The van der Waals surface area contributed by atoms with E-state index < -0.39 is 0 Å². The van der Waals surface area contributed by atoms with Crippen molar-refractivity contribution in [2.45, 2.75) is 37.8 Å². The minimum absolute atomic E-state index is 0.166. The molecule has 8 heteroatoms. The van der Waals surface area contributed by atoms with E-state index >= 15 is 0 Å². The topological polar surface area (TPSA) is 80.1 Å². The third-order valence-electron chi connectivity index (χ3n) is 6.75. The summed E-state index contributed by atoms with van der Waals surface area (Å²) in [5.74, 6) is 1.36. The van der Waals surface area contributed by atoms with Crippen LogP contribution in [0.5, 0.6) is 0 Å². The van der Waals surface area contributed by atoms with Crippen molar-refractivity contribution in [1.29, 1.82) is 0 Å². The molecule has 0 atom stereocenters. The molecule has 0 bridgehead atoms. The first-order valence-electron chi connectivity index (χ1n) is 11.0. The number of hydrogen-bond acceptors (Lipinski definition) is 7. The Hall–Kier alpha value is -2.71. The number of rotatable bonds is 3. The summed E-state index contributed by atoms with van der Waals surface area (Å²) in [7, 11) is 0. The van der Waals surface area contributed by atoms with E-state index in [2.05, 4.69) is 42.2 Å². The average molecular weight is 406 g/mol. The first-order valence-corrected chi connectivity index (χ1v) is 11.0. The molecule has 2 fully saturated rings. The van der Waals surface area contributed by atoms with E-state index in [4.69, 9.17) is 9.72 Å². The van der Waals surface area contributed by atoms with Crippen LogP contribution in [-0.2, 0) is 16.8 Å². The monoisotopic (exact) mass is 405 g/mol. The van der Waals surface area contributed by atoms with Crippen molar-refractivity contribution in [1.82, 2.24) is 24.8 Å². The molecule has 0 unspecified atom stereocenters. The van der Waals surface area contributed by atoms with E-state index in [9.17, 15) is 0 Å². The summed E-state index contributed by atoms with van der Waals surface area (Å²) in [6.45, 7) is 5.28. The van der Waals surface area contributed by atoms with Crippen molar-refractivity contribution in [3.05, 3.63) is 36.3 Å². The number of ether oxygens (including phenoxy) is 1. The van der Waals surface area contributed by atoms with Gasteiger partial charge in [0.25, 0.3) is 0 Å². The van der Waals surface area contributed by atoms with Gasteiger partial charge in [0.1, 0.15) is 11.5 Å². The maximum absolute atomic E-state index is 5.43. The fourth-order valence-electron chi connectivity index (χ4n) is 5.28. The van der Waals surface area contributed by atoms with Crippen molar-refractivity contribution in [3.63, 3.8) is 0 Å². The van der Waals surface area contributed by atoms with Crippen LogP contribution in [0.3, 0.4) is 0 Å². The van der Waals surface area contributed by atoms with Gasteiger partial charge in [0, 0.05) is 43.5 Å². The Morgan fingerprint density at radius 2 is 1.93 bits per heavy atom. The summed E-state index contributed by atoms with van der Waals surface area (Å²) >= 11 is 0. The highest BCUT2D eigenvalue weighted by Crippen LogP contribution is 2.41. The number of pyridine rings is 1.